The van der Waals surface area contributed by atoms with Crippen LogP contribution in [-0.2, 0) is 0 Å². The summed E-state index contributed by atoms with van der Waals surface area (Å²) in [5, 5.41) is 0. The van der Waals surface area contributed by atoms with Gasteiger partial charge in [0.05, 0.1) is 0 Å². The van der Waals surface area contributed by atoms with Crippen LogP contribution in [-0.4, -0.2) is 4.70 Å². The van der Waals surface area contributed by atoms with Crippen molar-refractivity contribution in [2.24, 2.45) is 0 Å². The van der Waals surface area contributed by atoms with Crippen molar-refractivity contribution in [1.29, 1.82) is 0 Å². The Morgan fingerprint density at radius 3 is 1.50 bits per heavy atom. The molecule has 1 aliphatic heterocycles. The van der Waals surface area contributed by atoms with Crippen molar-refractivity contribution in [3.05, 3.63) is 86.5 Å². The maximum Gasteiger partial charge on any atom is 0.211 e. The van der Waals surface area contributed by atoms with Gasteiger partial charge in [0.25, 0.3) is 0 Å². The summed E-state index contributed by atoms with van der Waals surface area (Å²) in [6, 6.07) is 13.1. The third-order valence-electron chi connectivity index (χ3n) is 5.48. The molecule has 2 aromatic carbocycles. The Balaban J connectivity index is 2.22. The highest BCUT2D eigenvalue weighted by atomic mass is 15.2. The van der Waals surface area contributed by atoms with Crippen LogP contribution in [0.5, 0.6) is 0 Å². The first-order valence-corrected chi connectivity index (χ1v) is 10.5. The topological polar surface area (TPSA) is 25.3 Å². The molecular weight excluding hydrogens is 340 g/mol. The molecule has 146 valence electrons. The summed E-state index contributed by atoms with van der Waals surface area (Å²) in [5.41, 5.74) is 23.0. The maximum absolute atomic E-state index is 11.4. The zero-order valence-corrected chi connectivity index (χ0v) is 18.2. The average Bonchev–Trinajstić information content (AvgIpc) is 2.89. The number of hydrogen-bond acceptors (Lipinski definition) is 0. The highest BCUT2D eigenvalue weighted by molar-refractivity contribution is 5.82. The molecule has 0 fully saturated rings. The van der Waals surface area contributed by atoms with Gasteiger partial charge in [-0.1, -0.05) is 54.7 Å². The molecule has 0 N–H and O–H groups in total. The highest BCUT2D eigenvalue weighted by Gasteiger charge is 2.34. The molecule has 0 aromatic heterocycles. The van der Waals surface area contributed by atoms with Crippen molar-refractivity contribution in [2.75, 3.05) is 0 Å². The predicted molar refractivity (Wildman–Crippen MR) is 119 cm³/mol. The van der Waals surface area contributed by atoms with Gasteiger partial charge in [-0.25, -0.2) is 4.70 Å². The van der Waals surface area contributed by atoms with E-state index in [4.69, 9.17) is 0 Å². The van der Waals surface area contributed by atoms with Gasteiger partial charge in [0.1, 0.15) is 0 Å². The number of unbranched alkanes of at least 4 members (excludes halogenated alkanes) is 1. The third kappa shape index (κ3) is 3.87. The Bertz CT molecular complexity index is 949. The molecule has 0 spiro atoms. The fourth-order valence-electron chi connectivity index (χ4n) is 4.47. The van der Waals surface area contributed by atoms with Gasteiger partial charge in [0, 0.05) is 22.3 Å². The van der Waals surface area contributed by atoms with Gasteiger partial charge in [-0.15, -0.1) is 0 Å². The molecule has 0 saturated heterocycles. The summed E-state index contributed by atoms with van der Waals surface area (Å²) in [6.45, 7) is 12.9. The minimum atomic E-state index is 0.909. The molecule has 0 aliphatic carbocycles. The van der Waals surface area contributed by atoms with Crippen molar-refractivity contribution in [3.63, 3.8) is 0 Å². The van der Waals surface area contributed by atoms with Gasteiger partial charge in [0.15, 0.2) is 0 Å². The van der Waals surface area contributed by atoms with Gasteiger partial charge in [0.2, 0.25) is 11.4 Å². The first-order valence-electron chi connectivity index (χ1n) is 10.5. The van der Waals surface area contributed by atoms with E-state index in [0.29, 0.717) is 0 Å². The quantitative estimate of drug-likeness (QED) is 0.464. The van der Waals surface area contributed by atoms with Crippen LogP contribution >= 0.6 is 0 Å². The van der Waals surface area contributed by atoms with Gasteiger partial charge >= 0.3 is 0 Å². The number of nitrogens with zero attached hydrogens (tertiary/aromatic N) is 2. The van der Waals surface area contributed by atoms with Gasteiger partial charge in [-0.05, 0) is 71.2 Å². The van der Waals surface area contributed by atoms with E-state index in [0.717, 1.165) is 48.2 Å². The number of aryl methyl sites for hydroxylation is 4. The van der Waals surface area contributed by atoms with Crippen molar-refractivity contribution in [2.45, 2.75) is 67.2 Å². The Morgan fingerprint density at radius 1 is 0.679 bits per heavy atom. The molecule has 0 amide bonds. The summed E-state index contributed by atoms with van der Waals surface area (Å²) in [4.78, 5) is 0. The van der Waals surface area contributed by atoms with Crippen LogP contribution in [0, 0.1) is 27.7 Å². The summed E-state index contributed by atoms with van der Waals surface area (Å²) < 4.78 is 1.46. The largest absolute Gasteiger partial charge is 0.493 e. The molecule has 0 saturated carbocycles. The highest BCUT2D eigenvalue weighted by Crippen LogP contribution is 2.44. The van der Waals surface area contributed by atoms with E-state index in [2.05, 4.69) is 77.9 Å². The van der Waals surface area contributed by atoms with Gasteiger partial charge in [-0.2, -0.15) is 0 Å². The lowest BCUT2D eigenvalue weighted by molar-refractivity contribution is -0.345. The number of allylic oxidation sites excluding steroid dienone is 2. The molecule has 3 rings (SSSR count). The number of benzene rings is 2. The fourth-order valence-corrected chi connectivity index (χ4v) is 4.47. The van der Waals surface area contributed by atoms with Gasteiger partial charge < -0.3 is 5.53 Å². The smallest absolute Gasteiger partial charge is 0.211 e. The van der Waals surface area contributed by atoms with E-state index in [9.17, 15) is 5.53 Å². The monoisotopic (exact) mass is 372 g/mol. The van der Waals surface area contributed by atoms with Crippen LogP contribution < -0.4 is 0 Å². The molecule has 0 unspecified atom stereocenters. The van der Waals surface area contributed by atoms with Crippen LogP contribution in [0.2, 0.25) is 0 Å². The lowest BCUT2D eigenvalue weighted by atomic mass is 9.93. The minimum absolute atomic E-state index is 0.909. The van der Waals surface area contributed by atoms with E-state index in [1.165, 1.54) is 38.1 Å². The molecule has 2 aromatic rings. The van der Waals surface area contributed by atoms with Crippen LogP contribution in [0.25, 0.3) is 16.9 Å². The van der Waals surface area contributed by atoms with Crippen molar-refractivity contribution >= 4 is 11.4 Å². The first kappa shape index (κ1) is 20.3. The molecule has 0 bridgehead atoms. The van der Waals surface area contributed by atoms with E-state index < -0.39 is 0 Å². The zero-order chi connectivity index (χ0) is 20.4. The van der Waals surface area contributed by atoms with Crippen LogP contribution in [0.1, 0.15) is 72.9 Å². The van der Waals surface area contributed by atoms with Crippen LogP contribution in [0.15, 0.2) is 47.5 Å². The Hall–Kier alpha value is -2.48. The molecule has 1 aliphatic rings. The molecule has 2 nitrogen and oxygen atoms in total. The van der Waals surface area contributed by atoms with E-state index in [-0.39, 0.29) is 0 Å². The summed E-state index contributed by atoms with van der Waals surface area (Å²) in [5.74, 6) is 0. The SMILES string of the molecule is CCCCC1=C(c2cc(C)cc(C)c2)[N+](=[N-])C(c2cc(C)cc(C)c2)=C1CC. The molecule has 0 radical (unpaired) electrons. The fraction of sp³-hybridized carbons (Fsp3) is 0.385. The summed E-state index contributed by atoms with van der Waals surface area (Å²) >= 11 is 0. The minimum Gasteiger partial charge on any atom is -0.493 e. The molecule has 28 heavy (non-hydrogen) atoms. The Labute approximate surface area is 170 Å². The van der Waals surface area contributed by atoms with Crippen LogP contribution in [0.4, 0.5) is 0 Å². The summed E-state index contributed by atoms with van der Waals surface area (Å²) in [6.07, 6.45) is 4.17. The van der Waals surface area contributed by atoms with E-state index in [1.54, 1.807) is 0 Å². The maximum atomic E-state index is 11.4. The molecule has 1 heterocycles. The standard InChI is InChI=1S/C26H32N2/c1-7-9-10-24-23(8-2)25(21-13-17(3)11-18(4)14-21)28(27)26(24)22-15-19(5)12-20(6)16-22/h11-16H,7-10H2,1-6H3. The lowest BCUT2D eigenvalue weighted by Gasteiger charge is -2.12. The van der Waals surface area contributed by atoms with E-state index >= 15 is 0 Å². The number of hydrogen-bond donors (Lipinski definition) is 0. The second-order valence-corrected chi connectivity index (χ2v) is 8.18. The van der Waals surface area contributed by atoms with E-state index in [1.807, 2.05) is 0 Å². The predicted octanol–water partition coefficient (Wildman–Crippen LogP) is 7.69. The normalized spacial score (nSPS) is 14.4. The van der Waals surface area contributed by atoms with Crippen molar-refractivity contribution in [1.82, 2.24) is 0 Å². The van der Waals surface area contributed by atoms with Gasteiger partial charge in [-0.3, -0.25) is 0 Å². The molecule has 2 heteroatoms. The van der Waals surface area contributed by atoms with Crippen LogP contribution in [0.3, 0.4) is 0 Å². The Morgan fingerprint density at radius 2 is 1.11 bits per heavy atom. The van der Waals surface area contributed by atoms with Crippen molar-refractivity contribution in [3.8, 4) is 0 Å². The molecule has 0 atom stereocenters. The first-order chi connectivity index (χ1) is 13.3. The number of rotatable bonds is 6. The molecular formula is C26H32N2. The second kappa shape index (κ2) is 8.26. The average molecular weight is 373 g/mol. The second-order valence-electron chi connectivity index (χ2n) is 8.18. The summed E-state index contributed by atoms with van der Waals surface area (Å²) in [7, 11) is 0. The van der Waals surface area contributed by atoms with Crippen molar-refractivity contribution < 1.29 is 4.70 Å². The lowest BCUT2D eigenvalue weighted by Crippen LogP contribution is -2.03. The zero-order valence-electron chi connectivity index (χ0n) is 18.2. The Kier molecular flexibility index (Phi) is 5.98. The third-order valence-corrected chi connectivity index (χ3v) is 5.48.